The number of fused-ring (bicyclic) bond motifs is 1. The third-order valence-corrected chi connectivity index (χ3v) is 5.48. The average Bonchev–Trinajstić information content (AvgIpc) is 3.12. The van der Waals surface area contributed by atoms with E-state index in [4.69, 9.17) is 4.98 Å². The van der Waals surface area contributed by atoms with Crippen LogP contribution in [0, 0.1) is 6.92 Å². The SMILES string of the molecule is Cc1ccsc1-c1nc2cnccn2c1NC1CCCCC1. The van der Waals surface area contributed by atoms with Gasteiger partial charge in [-0.1, -0.05) is 19.3 Å². The van der Waals surface area contributed by atoms with Crippen molar-refractivity contribution in [2.45, 2.75) is 45.1 Å². The molecule has 3 aromatic rings. The van der Waals surface area contributed by atoms with E-state index >= 15 is 0 Å². The molecule has 0 unspecified atom stereocenters. The number of thiophene rings is 1. The Morgan fingerprint density at radius 3 is 2.91 bits per heavy atom. The van der Waals surface area contributed by atoms with Crippen molar-refractivity contribution in [3.8, 4) is 10.6 Å². The van der Waals surface area contributed by atoms with E-state index < -0.39 is 0 Å². The molecule has 0 aliphatic heterocycles. The minimum Gasteiger partial charge on any atom is -0.367 e. The summed E-state index contributed by atoms with van der Waals surface area (Å²) in [6, 6.07) is 2.72. The van der Waals surface area contributed by atoms with Gasteiger partial charge < -0.3 is 5.32 Å². The second-order valence-electron chi connectivity index (χ2n) is 6.03. The fourth-order valence-corrected chi connectivity index (χ4v) is 4.17. The van der Waals surface area contributed by atoms with Gasteiger partial charge >= 0.3 is 0 Å². The number of nitrogens with zero attached hydrogens (tertiary/aromatic N) is 3. The molecule has 22 heavy (non-hydrogen) atoms. The molecule has 4 rings (SSSR count). The topological polar surface area (TPSA) is 42.2 Å². The van der Waals surface area contributed by atoms with Gasteiger partial charge in [0.1, 0.15) is 11.5 Å². The van der Waals surface area contributed by atoms with E-state index in [1.165, 1.54) is 42.5 Å². The third-order valence-electron chi connectivity index (χ3n) is 4.45. The van der Waals surface area contributed by atoms with Gasteiger partial charge in [-0.25, -0.2) is 4.98 Å². The maximum atomic E-state index is 4.83. The second kappa shape index (κ2) is 5.72. The lowest BCUT2D eigenvalue weighted by Gasteiger charge is -2.24. The van der Waals surface area contributed by atoms with E-state index in [0.717, 1.165) is 17.2 Å². The molecule has 0 saturated heterocycles. The van der Waals surface area contributed by atoms with Crippen LogP contribution in [0.25, 0.3) is 16.2 Å². The molecule has 1 saturated carbocycles. The second-order valence-corrected chi connectivity index (χ2v) is 6.94. The molecule has 0 radical (unpaired) electrons. The van der Waals surface area contributed by atoms with E-state index in [9.17, 15) is 0 Å². The lowest BCUT2D eigenvalue weighted by molar-refractivity contribution is 0.462. The maximum Gasteiger partial charge on any atom is 0.157 e. The lowest BCUT2D eigenvalue weighted by atomic mass is 9.95. The number of hydrogen-bond donors (Lipinski definition) is 1. The summed E-state index contributed by atoms with van der Waals surface area (Å²) in [4.78, 5) is 10.3. The van der Waals surface area contributed by atoms with Crippen LogP contribution in [0.3, 0.4) is 0 Å². The van der Waals surface area contributed by atoms with Crippen molar-refractivity contribution in [1.82, 2.24) is 14.4 Å². The van der Waals surface area contributed by atoms with Crippen molar-refractivity contribution in [3.05, 3.63) is 35.6 Å². The van der Waals surface area contributed by atoms with Gasteiger partial charge in [-0.05, 0) is 36.8 Å². The largest absolute Gasteiger partial charge is 0.367 e. The van der Waals surface area contributed by atoms with Gasteiger partial charge in [0.2, 0.25) is 0 Å². The van der Waals surface area contributed by atoms with Gasteiger partial charge in [0.25, 0.3) is 0 Å². The lowest BCUT2D eigenvalue weighted by Crippen LogP contribution is -2.23. The average molecular weight is 312 g/mol. The summed E-state index contributed by atoms with van der Waals surface area (Å²) in [6.07, 6.45) is 12.2. The highest BCUT2D eigenvalue weighted by Gasteiger charge is 2.20. The summed E-state index contributed by atoms with van der Waals surface area (Å²) in [5.74, 6) is 1.12. The molecule has 0 atom stereocenters. The molecule has 1 aliphatic rings. The monoisotopic (exact) mass is 312 g/mol. The Balaban J connectivity index is 1.81. The number of imidazole rings is 1. The number of aryl methyl sites for hydroxylation is 1. The number of aromatic nitrogens is 3. The summed E-state index contributed by atoms with van der Waals surface area (Å²) < 4.78 is 2.14. The third kappa shape index (κ3) is 2.39. The summed E-state index contributed by atoms with van der Waals surface area (Å²) in [5, 5.41) is 5.90. The zero-order valence-electron chi connectivity index (χ0n) is 12.7. The highest BCUT2D eigenvalue weighted by atomic mass is 32.1. The number of rotatable bonds is 3. The first-order chi connectivity index (χ1) is 10.8. The fraction of sp³-hybridized carbons (Fsp3) is 0.412. The maximum absolute atomic E-state index is 4.83. The molecule has 3 aromatic heterocycles. The van der Waals surface area contributed by atoms with Crippen molar-refractivity contribution in [2.75, 3.05) is 5.32 Å². The van der Waals surface area contributed by atoms with Gasteiger partial charge in [-0.15, -0.1) is 11.3 Å². The molecule has 5 heteroatoms. The molecule has 0 aromatic carbocycles. The van der Waals surface area contributed by atoms with Crippen LogP contribution in [0.15, 0.2) is 30.0 Å². The van der Waals surface area contributed by atoms with Crippen molar-refractivity contribution < 1.29 is 0 Å². The Morgan fingerprint density at radius 2 is 2.14 bits per heavy atom. The van der Waals surface area contributed by atoms with Crippen molar-refractivity contribution in [3.63, 3.8) is 0 Å². The molecule has 1 fully saturated rings. The molecular weight excluding hydrogens is 292 g/mol. The van der Waals surface area contributed by atoms with Crippen molar-refractivity contribution in [1.29, 1.82) is 0 Å². The molecule has 0 amide bonds. The highest BCUT2D eigenvalue weighted by Crippen LogP contribution is 2.35. The molecule has 0 bridgehead atoms. The summed E-state index contributed by atoms with van der Waals surface area (Å²) in [5.41, 5.74) is 3.25. The first-order valence-electron chi connectivity index (χ1n) is 7.96. The standard InChI is InChI=1S/C17H20N4S/c1-12-7-10-22-16(12)15-17(19-13-5-3-2-4-6-13)21-9-8-18-11-14(21)20-15/h7-11,13,19H,2-6H2,1H3. The number of anilines is 1. The summed E-state index contributed by atoms with van der Waals surface area (Å²) in [7, 11) is 0. The van der Waals surface area contributed by atoms with Crippen LogP contribution in [0.5, 0.6) is 0 Å². The Kier molecular flexibility index (Phi) is 3.58. The van der Waals surface area contributed by atoms with E-state index in [1.54, 1.807) is 11.3 Å². The molecule has 114 valence electrons. The molecule has 4 nitrogen and oxygen atoms in total. The van der Waals surface area contributed by atoms with Gasteiger partial charge in [0.15, 0.2) is 5.65 Å². The van der Waals surface area contributed by atoms with Crippen LogP contribution in [0.4, 0.5) is 5.82 Å². The zero-order valence-corrected chi connectivity index (χ0v) is 13.6. The molecule has 1 N–H and O–H groups in total. The molecule has 1 aliphatic carbocycles. The Labute approximate surface area is 134 Å². The molecule has 3 heterocycles. The smallest absolute Gasteiger partial charge is 0.157 e. The summed E-state index contributed by atoms with van der Waals surface area (Å²) >= 11 is 1.76. The van der Waals surface area contributed by atoms with Gasteiger partial charge in [0.05, 0.1) is 11.1 Å². The van der Waals surface area contributed by atoms with Crippen LogP contribution in [-0.2, 0) is 0 Å². The minimum absolute atomic E-state index is 0.556. The number of hydrogen-bond acceptors (Lipinski definition) is 4. The minimum atomic E-state index is 0.556. The van der Waals surface area contributed by atoms with Crippen LogP contribution >= 0.6 is 11.3 Å². The summed E-state index contributed by atoms with van der Waals surface area (Å²) in [6.45, 7) is 2.15. The van der Waals surface area contributed by atoms with E-state index in [0.29, 0.717) is 6.04 Å². The normalized spacial score (nSPS) is 16.2. The van der Waals surface area contributed by atoms with E-state index in [1.807, 2.05) is 18.6 Å². The predicted octanol–water partition coefficient (Wildman–Crippen LogP) is 4.51. The van der Waals surface area contributed by atoms with Gasteiger partial charge in [-0.3, -0.25) is 9.38 Å². The van der Waals surface area contributed by atoms with E-state index in [2.05, 4.69) is 33.1 Å². The Hall–Kier alpha value is -1.88. The van der Waals surface area contributed by atoms with Crippen LogP contribution in [0.2, 0.25) is 0 Å². The van der Waals surface area contributed by atoms with Crippen LogP contribution in [0.1, 0.15) is 37.7 Å². The Bertz CT molecular complexity index is 783. The fourth-order valence-electron chi connectivity index (χ4n) is 3.26. The van der Waals surface area contributed by atoms with Gasteiger partial charge in [0, 0.05) is 18.4 Å². The van der Waals surface area contributed by atoms with Crippen LogP contribution < -0.4 is 5.32 Å². The van der Waals surface area contributed by atoms with Gasteiger partial charge in [-0.2, -0.15) is 0 Å². The van der Waals surface area contributed by atoms with Crippen molar-refractivity contribution >= 4 is 22.8 Å². The highest BCUT2D eigenvalue weighted by molar-refractivity contribution is 7.13. The van der Waals surface area contributed by atoms with Crippen molar-refractivity contribution in [2.24, 2.45) is 0 Å². The first kappa shape index (κ1) is 13.8. The first-order valence-corrected chi connectivity index (χ1v) is 8.84. The van der Waals surface area contributed by atoms with E-state index in [-0.39, 0.29) is 0 Å². The molecular formula is C17H20N4S. The Morgan fingerprint density at radius 1 is 1.27 bits per heavy atom. The molecule has 0 spiro atoms. The number of nitrogens with one attached hydrogen (secondary N) is 1. The quantitative estimate of drug-likeness (QED) is 0.773. The van der Waals surface area contributed by atoms with Crippen LogP contribution in [-0.4, -0.2) is 20.4 Å². The zero-order chi connectivity index (χ0) is 14.9. The predicted molar refractivity (Wildman–Crippen MR) is 91.5 cm³/mol.